The van der Waals surface area contributed by atoms with E-state index in [0.29, 0.717) is 0 Å². The zero-order valence-electron chi connectivity index (χ0n) is 31.6. The summed E-state index contributed by atoms with van der Waals surface area (Å²) in [5.41, 5.74) is 18.9. The maximum absolute atomic E-state index is 2.53. The Morgan fingerprint density at radius 2 is 0.855 bits per heavy atom. The molecule has 55 heavy (non-hydrogen) atoms. The van der Waals surface area contributed by atoms with Crippen LogP contribution in [0.2, 0.25) is 0 Å². The molecule has 2 nitrogen and oxygen atoms in total. The molecule has 11 rings (SSSR count). The van der Waals surface area contributed by atoms with Crippen LogP contribution in [-0.2, 0) is 0 Å². The lowest BCUT2D eigenvalue weighted by molar-refractivity contribution is 1.24. The van der Waals surface area contributed by atoms with Crippen LogP contribution < -0.4 is 26.2 Å². The van der Waals surface area contributed by atoms with Gasteiger partial charge in [-0.15, -0.1) is 0 Å². The molecule has 0 aromatic heterocycles. The van der Waals surface area contributed by atoms with Crippen LogP contribution in [0.3, 0.4) is 0 Å². The summed E-state index contributed by atoms with van der Waals surface area (Å²) in [5, 5.41) is 7.78. The summed E-state index contributed by atoms with van der Waals surface area (Å²) in [6, 6.07) is 61.6. The number of benzene rings is 9. The first-order valence-electron chi connectivity index (χ1n) is 19.4. The maximum Gasteiger partial charge on any atom is 0.252 e. The number of nitrogens with zero attached hydrogens (tertiary/aromatic N) is 2. The number of hydrogen-bond donors (Lipinski definition) is 0. The van der Waals surface area contributed by atoms with Crippen LogP contribution in [0.1, 0.15) is 22.3 Å². The largest absolute Gasteiger partial charge is 0.311 e. The monoisotopic (exact) mass is 702 g/mol. The molecule has 0 fully saturated rings. The SMILES string of the molecule is Cc1ccc(N2c3ccc(C)cc3B3c4cc(C)ccc4N(c4ccc(C)c(-c5cccc6c7ccccc7c7ccccc7c56)c4)c4cccc2c43)cc1. The molecule has 260 valence electrons. The minimum atomic E-state index is 0.108. The van der Waals surface area contributed by atoms with Crippen molar-refractivity contribution in [2.45, 2.75) is 27.7 Å². The van der Waals surface area contributed by atoms with Gasteiger partial charge in [-0.1, -0.05) is 132 Å². The van der Waals surface area contributed by atoms with Gasteiger partial charge >= 0.3 is 0 Å². The third kappa shape index (κ3) is 4.69. The van der Waals surface area contributed by atoms with Gasteiger partial charge in [0.15, 0.2) is 0 Å². The van der Waals surface area contributed by atoms with Crippen molar-refractivity contribution in [3.8, 4) is 11.1 Å². The molecule has 9 aromatic carbocycles. The fourth-order valence-electron chi connectivity index (χ4n) is 9.65. The first kappa shape index (κ1) is 31.9. The Morgan fingerprint density at radius 3 is 1.47 bits per heavy atom. The second-order valence-electron chi connectivity index (χ2n) is 15.6. The highest BCUT2D eigenvalue weighted by molar-refractivity contribution is 7.00. The van der Waals surface area contributed by atoms with Crippen LogP contribution in [0.15, 0.2) is 164 Å². The van der Waals surface area contributed by atoms with Crippen LogP contribution in [0, 0.1) is 27.7 Å². The number of anilines is 6. The van der Waals surface area contributed by atoms with E-state index in [9.17, 15) is 0 Å². The van der Waals surface area contributed by atoms with Gasteiger partial charge in [0.25, 0.3) is 6.71 Å². The Balaban J connectivity index is 1.18. The molecule has 0 unspecified atom stereocenters. The van der Waals surface area contributed by atoms with E-state index in [4.69, 9.17) is 0 Å². The molecule has 0 bridgehead atoms. The number of aryl methyl sites for hydroxylation is 4. The summed E-state index contributed by atoms with van der Waals surface area (Å²) < 4.78 is 0. The standard InChI is InChI=1S/C52H39BN2/c1-32-19-24-36(25-20-32)54-47-27-21-33(2)29-45(47)53-46-30-34(3)22-28-48(46)55(50-18-10-17-49(54)52(50)53)37-26-23-35(4)44(31-37)43-16-9-15-42-40-12-6-5-11-38(40)39-13-7-8-14-41(39)51(42)43/h5-31H,1-4H3. The van der Waals surface area contributed by atoms with E-state index in [1.807, 2.05) is 0 Å². The van der Waals surface area contributed by atoms with Crippen molar-refractivity contribution in [3.05, 3.63) is 186 Å². The molecule has 0 spiro atoms. The number of rotatable bonds is 3. The summed E-state index contributed by atoms with van der Waals surface area (Å²) in [6.45, 7) is 8.97. The molecule has 0 aliphatic carbocycles. The zero-order chi connectivity index (χ0) is 36.9. The molecular formula is C52H39BN2. The predicted octanol–water partition coefficient (Wildman–Crippen LogP) is 12.1. The lowest BCUT2D eigenvalue weighted by atomic mass is 9.33. The molecule has 0 atom stereocenters. The van der Waals surface area contributed by atoms with Gasteiger partial charge in [-0.2, -0.15) is 0 Å². The van der Waals surface area contributed by atoms with Gasteiger partial charge < -0.3 is 9.80 Å². The summed E-state index contributed by atoms with van der Waals surface area (Å²) in [4.78, 5) is 5.01. The lowest BCUT2D eigenvalue weighted by Crippen LogP contribution is -2.61. The van der Waals surface area contributed by atoms with E-state index >= 15 is 0 Å². The van der Waals surface area contributed by atoms with Gasteiger partial charge in [-0.05, 0) is 142 Å². The molecular weight excluding hydrogens is 663 g/mol. The first-order valence-corrected chi connectivity index (χ1v) is 19.4. The Morgan fingerprint density at radius 1 is 0.364 bits per heavy atom. The highest BCUT2D eigenvalue weighted by Gasteiger charge is 2.43. The van der Waals surface area contributed by atoms with Crippen molar-refractivity contribution in [1.82, 2.24) is 0 Å². The Labute approximate surface area is 323 Å². The fraction of sp³-hybridized carbons (Fsp3) is 0.0769. The van der Waals surface area contributed by atoms with Crippen molar-refractivity contribution in [3.63, 3.8) is 0 Å². The molecule has 9 aromatic rings. The second-order valence-corrected chi connectivity index (χ2v) is 15.6. The normalized spacial score (nSPS) is 13.0. The van der Waals surface area contributed by atoms with Crippen molar-refractivity contribution < 1.29 is 0 Å². The molecule has 0 saturated heterocycles. The van der Waals surface area contributed by atoms with Gasteiger partial charge in [-0.25, -0.2) is 0 Å². The van der Waals surface area contributed by atoms with Gasteiger partial charge in [-0.3, -0.25) is 0 Å². The maximum atomic E-state index is 2.53. The number of hydrogen-bond acceptors (Lipinski definition) is 2. The van der Waals surface area contributed by atoms with Gasteiger partial charge in [0.1, 0.15) is 0 Å². The Bertz CT molecular complexity index is 3010. The minimum absolute atomic E-state index is 0.108. The zero-order valence-corrected chi connectivity index (χ0v) is 31.6. The first-order chi connectivity index (χ1) is 26.9. The molecule has 0 saturated carbocycles. The van der Waals surface area contributed by atoms with E-state index in [1.54, 1.807) is 0 Å². The summed E-state index contributed by atoms with van der Waals surface area (Å²) in [5.74, 6) is 0. The Hall–Kier alpha value is -6.58. The second kappa shape index (κ2) is 12.0. The van der Waals surface area contributed by atoms with Crippen molar-refractivity contribution in [2.75, 3.05) is 9.80 Å². The molecule has 3 heteroatoms. The van der Waals surface area contributed by atoms with E-state index in [-0.39, 0.29) is 6.71 Å². The average Bonchev–Trinajstić information content (AvgIpc) is 3.21. The fourth-order valence-corrected chi connectivity index (χ4v) is 9.65. The third-order valence-electron chi connectivity index (χ3n) is 12.1. The third-order valence-corrected chi connectivity index (χ3v) is 12.1. The summed E-state index contributed by atoms with van der Waals surface area (Å²) in [7, 11) is 0. The van der Waals surface area contributed by atoms with Crippen LogP contribution >= 0.6 is 0 Å². The molecule has 0 amide bonds. The van der Waals surface area contributed by atoms with Gasteiger partial charge in [0, 0.05) is 34.1 Å². The van der Waals surface area contributed by atoms with Crippen molar-refractivity contribution >= 4 is 89.5 Å². The van der Waals surface area contributed by atoms with Gasteiger partial charge in [0.05, 0.1) is 0 Å². The van der Waals surface area contributed by atoms with E-state index in [0.717, 1.165) is 5.69 Å². The molecule has 0 N–H and O–H groups in total. The topological polar surface area (TPSA) is 6.48 Å². The quantitative estimate of drug-likeness (QED) is 0.134. The van der Waals surface area contributed by atoms with Crippen LogP contribution in [0.25, 0.3) is 43.4 Å². The highest BCUT2D eigenvalue weighted by Crippen LogP contribution is 2.46. The van der Waals surface area contributed by atoms with E-state index in [2.05, 4.69) is 201 Å². The van der Waals surface area contributed by atoms with Crippen molar-refractivity contribution in [1.29, 1.82) is 0 Å². The minimum Gasteiger partial charge on any atom is -0.311 e. The van der Waals surface area contributed by atoms with Crippen molar-refractivity contribution in [2.24, 2.45) is 0 Å². The number of fused-ring (bicyclic) bond motifs is 10. The van der Waals surface area contributed by atoms with E-state index in [1.165, 1.54) is 111 Å². The summed E-state index contributed by atoms with van der Waals surface area (Å²) in [6.07, 6.45) is 0. The van der Waals surface area contributed by atoms with Crippen LogP contribution in [0.5, 0.6) is 0 Å². The average molecular weight is 703 g/mol. The lowest BCUT2D eigenvalue weighted by Gasteiger charge is -2.44. The predicted molar refractivity (Wildman–Crippen MR) is 237 cm³/mol. The van der Waals surface area contributed by atoms with E-state index < -0.39 is 0 Å². The molecule has 2 aliphatic heterocycles. The smallest absolute Gasteiger partial charge is 0.252 e. The molecule has 2 aliphatic rings. The molecule has 2 heterocycles. The summed E-state index contributed by atoms with van der Waals surface area (Å²) >= 11 is 0. The van der Waals surface area contributed by atoms with Crippen LogP contribution in [0.4, 0.5) is 34.1 Å². The highest BCUT2D eigenvalue weighted by atomic mass is 15.2. The van der Waals surface area contributed by atoms with Gasteiger partial charge in [0.2, 0.25) is 0 Å². The molecule has 0 radical (unpaired) electrons. The Kier molecular flexibility index (Phi) is 6.94. The van der Waals surface area contributed by atoms with Crippen LogP contribution in [-0.4, -0.2) is 6.71 Å².